The van der Waals surface area contributed by atoms with Crippen molar-refractivity contribution in [3.63, 3.8) is 0 Å². The maximum Gasteiger partial charge on any atom is 0.123 e. The van der Waals surface area contributed by atoms with Crippen LogP contribution < -0.4 is 11.6 Å². The van der Waals surface area contributed by atoms with E-state index in [1.54, 1.807) is 18.3 Å². The van der Waals surface area contributed by atoms with Crippen LogP contribution in [0.1, 0.15) is 59.9 Å². The van der Waals surface area contributed by atoms with E-state index in [-0.39, 0.29) is 19.0 Å². The SMILES string of the molecule is CCCc1cc(C2CCN(C/C(N)=C/N(N)CC(O)Cc3ccc(F)cc3)C(C)C2)c(CCO)s1. The Bertz CT molecular complexity index is 949. The van der Waals surface area contributed by atoms with Crippen molar-refractivity contribution in [2.24, 2.45) is 11.6 Å². The van der Waals surface area contributed by atoms with Crippen molar-refractivity contribution >= 4 is 11.3 Å². The Morgan fingerprint density at radius 3 is 2.71 bits per heavy atom. The molecule has 1 aliphatic heterocycles. The van der Waals surface area contributed by atoms with Crippen LogP contribution in [0.4, 0.5) is 4.39 Å². The third kappa shape index (κ3) is 8.29. The van der Waals surface area contributed by atoms with Gasteiger partial charge in [0.25, 0.3) is 0 Å². The molecule has 1 aromatic heterocycles. The molecule has 1 saturated heterocycles. The summed E-state index contributed by atoms with van der Waals surface area (Å²) in [4.78, 5) is 5.16. The van der Waals surface area contributed by atoms with E-state index in [0.29, 0.717) is 30.6 Å². The monoisotopic (exact) mass is 504 g/mol. The Morgan fingerprint density at radius 1 is 1.31 bits per heavy atom. The number of nitrogens with two attached hydrogens (primary N) is 2. The Hall–Kier alpha value is -1.97. The normalized spacial score (nSPS) is 20.2. The van der Waals surface area contributed by atoms with Gasteiger partial charge in [-0.25, -0.2) is 10.2 Å². The van der Waals surface area contributed by atoms with E-state index in [9.17, 15) is 14.6 Å². The van der Waals surface area contributed by atoms with Gasteiger partial charge in [0.1, 0.15) is 5.82 Å². The summed E-state index contributed by atoms with van der Waals surface area (Å²) in [5.41, 5.74) is 9.26. The molecule has 1 aliphatic rings. The molecule has 6 N–H and O–H groups in total. The Labute approximate surface area is 213 Å². The van der Waals surface area contributed by atoms with Crippen molar-refractivity contribution in [2.45, 2.75) is 70.4 Å². The van der Waals surface area contributed by atoms with E-state index < -0.39 is 6.10 Å². The summed E-state index contributed by atoms with van der Waals surface area (Å²) in [6, 6.07) is 8.88. The topological polar surface area (TPSA) is 99.0 Å². The second-order valence-corrected chi connectivity index (χ2v) is 11.0. The van der Waals surface area contributed by atoms with Gasteiger partial charge in [0.05, 0.1) is 12.6 Å². The van der Waals surface area contributed by atoms with Crippen molar-refractivity contribution in [1.82, 2.24) is 9.91 Å². The number of hydrazine groups is 1. The molecule has 0 saturated carbocycles. The maximum absolute atomic E-state index is 13.1. The van der Waals surface area contributed by atoms with Gasteiger partial charge < -0.3 is 21.0 Å². The highest BCUT2D eigenvalue weighted by Gasteiger charge is 2.29. The largest absolute Gasteiger partial charge is 0.400 e. The van der Waals surface area contributed by atoms with E-state index in [1.165, 1.54) is 32.5 Å². The number of aryl methyl sites for hydroxylation is 1. The molecular formula is C27H41FN4O2S. The first-order valence-electron chi connectivity index (χ1n) is 12.6. The van der Waals surface area contributed by atoms with Crippen LogP contribution in [-0.4, -0.2) is 58.5 Å². The second-order valence-electron chi connectivity index (χ2n) is 9.74. The summed E-state index contributed by atoms with van der Waals surface area (Å²) >= 11 is 1.87. The van der Waals surface area contributed by atoms with Crippen LogP contribution in [0.2, 0.25) is 0 Å². The number of rotatable bonds is 12. The third-order valence-corrected chi connectivity index (χ3v) is 7.98. The summed E-state index contributed by atoms with van der Waals surface area (Å²) in [5.74, 6) is 6.31. The number of hydrogen-bond acceptors (Lipinski definition) is 7. The van der Waals surface area contributed by atoms with E-state index in [2.05, 4.69) is 24.8 Å². The average Bonchev–Trinajstić information content (AvgIpc) is 3.19. The number of halogens is 1. The number of aliphatic hydroxyl groups is 2. The first kappa shape index (κ1) is 27.6. The lowest BCUT2D eigenvalue weighted by Crippen LogP contribution is -2.43. The standard InChI is InChI=1S/C27H41FN4O2S/c1-3-4-25-15-26(27(35-25)10-12-33)21-9-11-31(19(2)13-21)16-23(29)17-32(30)18-24(34)14-20-5-7-22(28)8-6-20/h5-8,15,17,19,21,24,33-34H,3-4,9-14,16,18,29-30H2,1-2H3/b23-17-. The molecule has 0 bridgehead atoms. The summed E-state index contributed by atoms with van der Waals surface area (Å²) in [5, 5.41) is 21.3. The molecule has 2 aromatic rings. The molecule has 3 atom stereocenters. The zero-order chi connectivity index (χ0) is 25.4. The van der Waals surface area contributed by atoms with Crippen LogP contribution in [0.5, 0.6) is 0 Å². The molecule has 2 heterocycles. The van der Waals surface area contributed by atoms with Gasteiger partial charge in [-0.2, -0.15) is 0 Å². The summed E-state index contributed by atoms with van der Waals surface area (Å²) < 4.78 is 13.1. The lowest BCUT2D eigenvalue weighted by molar-refractivity contribution is 0.133. The molecule has 194 valence electrons. The highest BCUT2D eigenvalue weighted by atomic mass is 32.1. The van der Waals surface area contributed by atoms with Crippen molar-refractivity contribution in [3.8, 4) is 0 Å². The molecule has 35 heavy (non-hydrogen) atoms. The number of benzene rings is 1. The Kier molecular flexibility index (Phi) is 10.5. The van der Waals surface area contributed by atoms with Crippen LogP contribution in [-0.2, 0) is 19.3 Å². The molecule has 6 nitrogen and oxygen atoms in total. The molecule has 0 radical (unpaired) electrons. The van der Waals surface area contributed by atoms with Crippen molar-refractivity contribution in [3.05, 3.63) is 68.9 Å². The summed E-state index contributed by atoms with van der Waals surface area (Å²) in [6.45, 7) is 6.47. The molecule has 1 fully saturated rings. The number of nitrogens with zero attached hydrogens (tertiary/aromatic N) is 2. The van der Waals surface area contributed by atoms with Crippen LogP contribution in [0.15, 0.2) is 42.2 Å². The van der Waals surface area contributed by atoms with Crippen LogP contribution in [0.3, 0.4) is 0 Å². The van der Waals surface area contributed by atoms with E-state index in [4.69, 9.17) is 11.6 Å². The molecule has 8 heteroatoms. The number of thiophene rings is 1. The van der Waals surface area contributed by atoms with Crippen molar-refractivity contribution < 1.29 is 14.6 Å². The van der Waals surface area contributed by atoms with Gasteiger partial charge in [0.2, 0.25) is 0 Å². The molecule has 0 spiro atoms. The minimum atomic E-state index is -0.680. The number of piperidine rings is 1. The lowest BCUT2D eigenvalue weighted by Gasteiger charge is -2.38. The zero-order valence-corrected chi connectivity index (χ0v) is 21.8. The zero-order valence-electron chi connectivity index (χ0n) is 21.0. The molecule has 0 aliphatic carbocycles. The number of likely N-dealkylation sites (tertiary alicyclic amines) is 1. The quantitative estimate of drug-likeness (QED) is 0.261. The predicted molar refractivity (Wildman–Crippen MR) is 141 cm³/mol. The van der Waals surface area contributed by atoms with Gasteiger partial charge in [0, 0.05) is 53.7 Å². The van der Waals surface area contributed by atoms with E-state index in [1.807, 2.05) is 11.3 Å². The highest BCUT2D eigenvalue weighted by Crippen LogP contribution is 2.38. The number of hydrogen-bond donors (Lipinski definition) is 4. The average molecular weight is 505 g/mol. The molecule has 3 unspecified atom stereocenters. The van der Waals surface area contributed by atoms with Crippen LogP contribution >= 0.6 is 11.3 Å². The van der Waals surface area contributed by atoms with Gasteiger partial charge >= 0.3 is 0 Å². The highest BCUT2D eigenvalue weighted by molar-refractivity contribution is 7.12. The summed E-state index contributed by atoms with van der Waals surface area (Å²) in [6.07, 6.45) is 6.54. The first-order chi connectivity index (χ1) is 16.8. The van der Waals surface area contributed by atoms with Gasteiger partial charge in [-0.05, 0) is 68.0 Å². The lowest BCUT2D eigenvalue weighted by atomic mass is 9.85. The van der Waals surface area contributed by atoms with E-state index >= 15 is 0 Å². The minimum Gasteiger partial charge on any atom is -0.400 e. The fourth-order valence-electron chi connectivity index (χ4n) is 4.99. The second kappa shape index (κ2) is 13.4. The molecule has 1 aromatic carbocycles. The molecule has 3 rings (SSSR count). The third-order valence-electron chi connectivity index (χ3n) is 6.71. The van der Waals surface area contributed by atoms with Crippen LogP contribution in [0, 0.1) is 5.82 Å². The maximum atomic E-state index is 13.1. The van der Waals surface area contributed by atoms with Crippen molar-refractivity contribution in [1.29, 1.82) is 0 Å². The predicted octanol–water partition coefficient (Wildman–Crippen LogP) is 3.52. The van der Waals surface area contributed by atoms with Gasteiger partial charge in [-0.1, -0.05) is 25.5 Å². The minimum absolute atomic E-state index is 0.197. The smallest absolute Gasteiger partial charge is 0.123 e. The first-order valence-corrected chi connectivity index (χ1v) is 13.5. The van der Waals surface area contributed by atoms with Gasteiger partial charge in [-0.15, -0.1) is 11.3 Å². The van der Waals surface area contributed by atoms with Gasteiger partial charge in [0.15, 0.2) is 0 Å². The Morgan fingerprint density at radius 2 is 2.06 bits per heavy atom. The summed E-state index contributed by atoms with van der Waals surface area (Å²) in [7, 11) is 0. The van der Waals surface area contributed by atoms with E-state index in [0.717, 1.165) is 44.2 Å². The number of aliphatic hydroxyl groups excluding tert-OH is 2. The fraction of sp³-hybridized carbons (Fsp3) is 0.556. The molecule has 0 amide bonds. The Balaban J connectivity index is 1.51. The van der Waals surface area contributed by atoms with Crippen molar-refractivity contribution in [2.75, 3.05) is 26.2 Å². The fourth-order valence-corrected chi connectivity index (χ4v) is 6.34. The van der Waals surface area contributed by atoms with Gasteiger partial charge in [-0.3, -0.25) is 4.90 Å². The molecular weight excluding hydrogens is 463 g/mol. The van der Waals surface area contributed by atoms with Crippen LogP contribution in [0.25, 0.3) is 0 Å².